The summed E-state index contributed by atoms with van der Waals surface area (Å²) >= 11 is 0. The van der Waals surface area contributed by atoms with E-state index in [2.05, 4.69) is 17.1 Å². The summed E-state index contributed by atoms with van der Waals surface area (Å²) in [7, 11) is 0. The smallest absolute Gasteiger partial charge is 0.0860 e. The minimum absolute atomic E-state index is 0.0302. The molecule has 0 saturated carbocycles. The van der Waals surface area contributed by atoms with Gasteiger partial charge < -0.3 is 10.2 Å². The summed E-state index contributed by atoms with van der Waals surface area (Å²) in [5.41, 5.74) is 7.98. The van der Waals surface area contributed by atoms with Crippen LogP contribution in [-0.4, -0.2) is 20.2 Å². The largest absolute Gasteiger partial charge is 0.392 e. The van der Waals surface area contributed by atoms with Crippen molar-refractivity contribution in [2.24, 2.45) is 0 Å². The van der Waals surface area contributed by atoms with Gasteiger partial charge in [-0.05, 0) is 61.8 Å². The predicted octanol–water partition coefficient (Wildman–Crippen LogP) is 2.11. The number of hydrogen-bond donors (Lipinski definition) is 2. The fourth-order valence-corrected chi connectivity index (χ4v) is 3.71. The molecule has 0 aliphatic heterocycles. The third-order valence-electron chi connectivity index (χ3n) is 4.83. The Hall–Kier alpha value is -1.78. The summed E-state index contributed by atoms with van der Waals surface area (Å²) in [5.74, 6) is 0. The van der Waals surface area contributed by atoms with Crippen LogP contribution in [0.3, 0.4) is 0 Å². The Morgan fingerprint density at radius 1 is 0.818 bits per heavy atom. The lowest BCUT2D eigenvalue weighted by atomic mass is 9.99. The average Bonchev–Trinajstić information content (AvgIpc) is 3.19. The standard InChI is InChI=1S/C18H20N2O2/c21-9-13-7-11-3-1-6-16(11)20-18(13)14-8-12-4-2-5-15(12)19-17(14)10-22/h7-8,21-22H,1-6,9-10H2. The second kappa shape index (κ2) is 5.45. The maximum Gasteiger partial charge on any atom is 0.0860 e. The highest BCUT2D eigenvalue weighted by molar-refractivity contribution is 5.68. The second-order valence-corrected chi connectivity index (χ2v) is 6.21. The van der Waals surface area contributed by atoms with E-state index in [-0.39, 0.29) is 13.2 Å². The van der Waals surface area contributed by atoms with Gasteiger partial charge in [-0.1, -0.05) is 0 Å². The number of aryl methyl sites for hydroxylation is 4. The van der Waals surface area contributed by atoms with Gasteiger partial charge in [0.15, 0.2) is 0 Å². The molecule has 0 spiro atoms. The van der Waals surface area contributed by atoms with Crippen LogP contribution in [0.4, 0.5) is 0 Å². The highest BCUT2D eigenvalue weighted by Crippen LogP contribution is 2.33. The van der Waals surface area contributed by atoms with Crippen LogP contribution in [0, 0.1) is 0 Å². The molecular weight excluding hydrogens is 276 g/mol. The van der Waals surface area contributed by atoms with Crippen LogP contribution in [0.5, 0.6) is 0 Å². The third kappa shape index (κ3) is 2.14. The Kier molecular flexibility index (Phi) is 3.43. The highest BCUT2D eigenvalue weighted by atomic mass is 16.3. The summed E-state index contributed by atoms with van der Waals surface area (Å²) in [4.78, 5) is 9.46. The van der Waals surface area contributed by atoms with E-state index in [1.54, 1.807) is 0 Å². The number of aliphatic hydroxyl groups excluding tert-OH is 2. The topological polar surface area (TPSA) is 66.2 Å². The summed E-state index contributed by atoms with van der Waals surface area (Å²) in [6, 6.07) is 4.21. The lowest BCUT2D eigenvalue weighted by Crippen LogP contribution is -2.05. The van der Waals surface area contributed by atoms with Crippen molar-refractivity contribution >= 4 is 0 Å². The predicted molar refractivity (Wildman–Crippen MR) is 83.4 cm³/mol. The van der Waals surface area contributed by atoms with Crippen molar-refractivity contribution < 1.29 is 10.2 Å². The molecule has 0 unspecified atom stereocenters. The van der Waals surface area contributed by atoms with Gasteiger partial charge >= 0.3 is 0 Å². The van der Waals surface area contributed by atoms with Crippen LogP contribution >= 0.6 is 0 Å². The quantitative estimate of drug-likeness (QED) is 0.910. The molecule has 0 bridgehead atoms. The molecule has 22 heavy (non-hydrogen) atoms. The number of fused-ring (bicyclic) bond motifs is 2. The van der Waals surface area contributed by atoms with E-state index in [1.807, 2.05) is 0 Å². The molecule has 114 valence electrons. The maximum atomic E-state index is 9.75. The molecule has 4 heteroatoms. The van der Waals surface area contributed by atoms with Crippen molar-refractivity contribution in [3.63, 3.8) is 0 Å². The SMILES string of the molecule is OCc1cc2c(nc1-c1cc3c(nc1CO)CCC3)CCC2. The van der Waals surface area contributed by atoms with Gasteiger partial charge in [0.05, 0.1) is 24.6 Å². The lowest BCUT2D eigenvalue weighted by Gasteiger charge is -2.14. The maximum absolute atomic E-state index is 9.75. The molecule has 4 rings (SSSR count). The van der Waals surface area contributed by atoms with E-state index in [0.717, 1.165) is 66.7 Å². The van der Waals surface area contributed by atoms with Crippen LogP contribution in [0.15, 0.2) is 12.1 Å². The van der Waals surface area contributed by atoms with E-state index in [1.165, 1.54) is 11.1 Å². The molecule has 0 radical (unpaired) electrons. The first-order valence-electron chi connectivity index (χ1n) is 8.05. The highest BCUT2D eigenvalue weighted by Gasteiger charge is 2.22. The van der Waals surface area contributed by atoms with Crippen LogP contribution in [0.2, 0.25) is 0 Å². The average molecular weight is 296 g/mol. The fraction of sp³-hybridized carbons (Fsp3) is 0.444. The molecule has 2 N–H and O–H groups in total. The zero-order valence-corrected chi connectivity index (χ0v) is 12.6. The van der Waals surface area contributed by atoms with Crippen molar-refractivity contribution in [3.05, 3.63) is 45.9 Å². The molecule has 2 aromatic rings. The molecule has 0 saturated heterocycles. The van der Waals surface area contributed by atoms with Crippen LogP contribution in [-0.2, 0) is 38.9 Å². The zero-order chi connectivity index (χ0) is 15.1. The van der Waals surface area contributed by atoms with Gasteiger partial charge in [-0.3, -0.25) is 9.97 Å². The first-order chi connectivity index (χ1) is 10.8. The lowest BCUT2D eigenvalue weighted by molar-refractivity contribution is 0.276. The van der Waals surface area contributed by atoms with Crippen molar-refractivity contribution in [3.8, 4) is 11.3 Å². The van der Waals surface area contributed by atoms with Gasteiger partial charge in [-0.15, -0.1) is 0 Å². The first kappa shape index (κ1) is 13.9. The molecule has 0 amide bonds. The van der Waals surface area contributed by atoms with Crippen molar-refractivity contribution in [2.45, 2.75) is 51.7 Å². The van der Waals surface area contributed by atoms with E-state index in [0.29, 0.717) is 5.69 Å². The summed E-state index contributed by atoms with van der Waals surface area (Å²) in [6.45, 7) is -0.121. The van der Waals surface area contributed by atoms with Gasteiger partial charge in [0, 0.05) is 22.5 Å². The number of nitrogens with zero attached hydrogens (tertiary/aromatic N) is 2. The van der Waals surface area contributed by atoms with Crippen molar-refractivity contribution in [1.82, 2.24) is 9.97 Å². The number of hydrogen-bond acceptors (Lipinski definition) is 4. The Balaban J connectivity index is 1.91. The van der Waals surface area contributed by atoms with Crippen LogP contribution in [0.25, 0.3) is 11.3 Å². The minimum Gasteiger partial charge on any atom is -0.392 e. The molecular formula is C18H20N2O2. The summed E-state index contributed by atoms with van der Waals surface area (Å²) < 4.78 is 0. The molecule has 4 nitrogen and oxygen atoms in total. The van der Waals surface area contributed by atoms with Crippen LogP contribution < -0.4 is 0 Å². The monoisotopic (exact) mass is 296 g/mol. The van der Waals surface area contributed by atoms with Gasteiger partial charge in [0.2, 0.25) is 0 Å². The molecule has 2 aromatic heterocycles. The van der Waals surface area contributed by atoms with Crippen molar-refractivity contribution in [2.75, 3.05) is 0 Å². The Bertz CT molecular complexity index is 677. The summed E-state index contributed by atoms with van der Waals surface area (Å²) in [5, 5.41) is 19.5. The normalized spacial score (nSPS) is 15.9. The number of pyridine rings is 2. The molecule has 2 heterocycles. The van der Waals surface area contributed by atoms with Gasteiger partial charge in [0.25, 0.3) is 0 Å². The molecule has 0 aromatic carbocycles. The van der Waals surface area contributed by atoms with E-state index in [9.17, 15) is 10.2 Å². The second-order valence-electron chi connectivity index (χ2n) is 6.21. The van der Waals surface area contributed by atoms with Gasteiger partial charge in [-0.25, -0.2) is 0 Å². The Morgan fingerprint density at radius 3 is 2.18 bits per heavy atom. The number of aliphatic hydroxyl groups is 2. The molecule has 2 aliphatic carbocycles. The Labute approximate surface area is 129 Å². The van der Waals surface area contributed by atoms with E-state index in [4.69, 9.17) is 4.98 Å². The van der Waals surface area contributed by atoms with E-state index >= 15 is 0 Å². The Morgan fingerprint density at radius 2 is 1.50 bits per heavy atom. The van der Waals surface area contributed by atoms with Crippen LogP contribution in [0.1, 0.15) is 46.6 Å². The van der Waals surface area contributed by atoms with Gasteiger partial charge in [0.1, 0.15) is 0 Å². The molecule has 0 atom stereocenters. The molecule has 0 fully saturated rings. The minimum atomic E-state index is -0.0910. The number of aromatic nitrogens is 2. The molecule has 2 aliphatic rings. The van der Waals surface area contributed by atoms with Crippen molar-refractivity contribution in [1.29, 1.82) is 0 Å². The fourth-order valence-electron chi connectivity index (χ4n) is 3.71. The third-order valence-corrected chi connectivity index (χ3v) is 4.83. The zero-order valence-electron chi connectivity index (χ0n) is 12.6. The van der Waals surface area contributed by atoms with E-state index < -0.39 is 0 Å². The first-order valence-corrected chi connectivity index (χ1v) is 8.05. The number of rotatable bonds is 3. The van der Waals surface area contributed by atoms with Gasteiger partial charge in [-0.2, -0.15) is 0 Å². The summed E-state index contributed by atoms with van der Waals surface area (Å²) in [6.07, 6.45) is 6.34.